The van der Waals surface area contributed by atoms with Gasteiger partial charge in [0, 0.05) is 10.2 Å². The van der Waals surface area contributed by atoms with Crippen LogP contribution in [0.25, 0.3) is 0 Å². The first-order chi connectivity index (χ1) is 11.0. The van der Waals surface area contributed by atoms with Gasteiger partial charge in [-0.25, -0.2) is 0 Å². The molecule has 0 aliphatic carbocycles. The highest BCUT2D eigenvalue weighted by atomic mass is 79.9. The van der Waals surface area contributed by atoms with Gasteiger partial charge in [0.05, 0.1) is 12.2 Å². The summed E-state index contributed by atoms with van der Waals surface area (Å²) in [5.74, 6) is 0.455. The largest absolute Gasteiger partial charge is 0.493 e. The summed E-state index contributed by atoms with van der Waals surface area (Å²) in [5.41, 5.74) is 3.51. The molecule has 0 radical (unpaired) electrons. The normalized spacial score (nSPS) is 10.4. The van der Waals surface area contributed by atoms with Crippen LogP contribution >= 0.6 is 15.9 Å². The number of aryl methyl sites for hydroxylation is 2. The molecule has 4 heteroatoms. The number of nitrogens with one attached hydrogen (secondary N) is 1. The van der Waals surface area contributed by atoms with E-state index in [1.165, 1.54) is 0 Å². The zero-order valence-corrected chi connectivity index (χ0v) is 15.4. The quantitative estimate of drug-likeness (QED) is 0.677. The van der Waals surface area contributed by atoms with E-state index in [9.17, 15) is 4.79 Å². The number of halogens is 1. The van der Waals surface area contributed by atoms with Gasteiger partial charge in [-0.15, -0.1) is 0 Å². The zero-order valence-electron chi connectivity index (χ0n) is 13.8. The molecule has 0 heterocycles. The Bertz CT molecular complexity index is 698. The van der Waals surface area contributed by atoms with Crippen molar-refractivity contribution < 1.29 is 9.53 Å². The van der Waals surface area contributed by atoms with Crippen molar-refractivity contribution in [3.63, 3.8) is 0 Å². The number of benzene rings is 2. The second-order valence-corrected chi connectivity index (χ2v) is 6.53. The van der Waals surface area contributed by atoms with Crippen molar-refractivity contribution in [1.82, 2.24) is 0 Å². The number of ether oxygens (including phenoxy) is 1. The summed E-state index contributed by atoms with van der Waals surface area (Å²) in [6.45, 7) is 6.71. The van der Waals surface area contributed by atoms with E-state index in [4.69, 9.17) is 4.74 Å². The second kappa shape index (κ2) is 8.16. The molecule has 2 aromatic rings. The molecule has 23 heavy (non-hydrogen) atoms. The molecule has 0 atom stereocenters. The Morgan fingerprint density at radius 3 is 2.70 bits per heavy atom. The Labute approximate surface area is 146 Å². The van der Waals surface area contributed by atoms with Crippen LogP contribution in [0, 0.1) is 13.8 Å². The molecule has 0 spiro atoms. The molecule has 3 nitrogen and oxygen atoms in total. The topological polar surface area (TPSA) is 38.3 Å². The molecular formula is C19H22BrNO2. The average Bonchev–Trinajstić information content (AvgIpc) is 2.52. The van der Waals surface area contributed by atoms with Crippen molar-refractivity contribution in [3.05, 3.63) is 57.6 Å². The molecule has 0 aliphatic rings. The number of anilines is 1. The zero-order chi connectivity index (χ0) is 16.8. The number of rotatable bonds is 6. The Morgan fingerprint density at radius 2 is 1.96 bits per heavy atom. The average molecular weight is 376 g/mol. The van der Waals surface area contributed by atoms with E-state index < -0.39 is 0 Å². The molecule has 0 saturated heterocycles. The van der Waals surface area contributed by atoms with Crippen molar-refractivity contribution in [1.29, 1.82) is 0 Å². The van der Waals surface area contributed by atoms with Gasteiger partial charge < -0.3 is 10.1 Å². The maximum absolute atomic E-state index is 12.7. The van der Waals surface area contributed by atoms with Crippen LogP contribution < -0.4 is 10.1 Å². The van der Waals surface area contributed by atoms with E-state index in [0.717, 1.165) is 34.1 Å². The van der Waals surface area contributed by atoms with E-state index >= 15 is 0 Å². The monoisotopic (exact) mass is 375 g/mol. The molecule has 2 aromatic carbocycles. The van der Waals surface area contributed by atoms with Crippen LogP contribution in [0.5, 0.6) is 5.75 Å². The molecular weight excluding hydrogens is 354 g/mol. The third kappa shape index (κ3) is 4.83. The summed E-state index contributed by atoms with van der Waals surface area (Å²) in [5, 5.41) is 2.99. The molecule has 0 fully saturated rings. The molecule has 0 unspecified atom stereocenters. The first kappa shape index (κ1) is 17.5. The van der Waals surface area contributed by atoms with Crippen LogP contribution in [0.2, 0.25) is 0 Å². The minimum absolute atomic E-state index is 0.161. The lowest BCUT2D eigenvalue weighted by Crippen LogP contribution is -2.15. The molecule has 0 bridgehead atoms. The lowest BCUT2D eigenvalue weighted by atomic mass is 10.1. The van der Waals surface area contributed by atoms with Crippen molar-refractivity contribution in [2.75, 3.05) is 11.9 Å². The van der Waals surface area contributed by atoms with Gasteiger partial charge in [0.2, 0.25) is 0 Å². The van der Waals surface area contributed by atoms with Crippen LogP contribution in [-0.4, -0.2) is 12.5 Å². The van der Waals surface area contributed by atoms with Gasteiger partial charge in [-0.1, -0.05) is 41.4 Å². The SMILES string of the molecule is CCCCOc1ccc(Br)cc1C(=O)Nc1cc(C)ccc1C. The number of hydrogen-bond donors (Lipinski definition) is 1. The summed E-state index contributed by atoms with van der Waals surface area (Å²) in [4.78, 5) is 12.7. The summed E-state index contributed by atoms with van der Waals surface area (Å²) < 4.78 is 6.62. The summed E-state index contributed by atoms with van der Waals surface area (Å²) in [6, 6.07) is 11.5. The molecule has 2 rings (SSSR count). The number of carbonyl (C=O) groups excluding carboxylic acids is 1. The van der Waals surface area contributed by atoms with Gasteiger partial charge in [0.1, 0.15) is 5.75 Å². The summed E-state index contributed by atoms with van der Waals surface area (Å²) in [6.07, 6.45) is 2.02. The minimum Gasteiger partial charge on any atom is -0.493 e. The summed E-state index contributed by atoms with van der Waals surface area (Å²) >= 11 is 3.42. The van der Waals surface area contributed by atoms with Crippen molar-refractivity contribution >= 4 is 27.5 Å². The highest BCUT2D eigenvalue weighted by Gasteiger charge is 2.14. The van der Waals surface area contributed by atoms with Gasteiger partial charge in [0.25, 0.3) is 5.91 Å². The summed E-state index contributed by atoms with van der Waals surface area (Å²) in [7, 11) is 0. The van der Waals surface area contributed by atoms with Crippen LogP contribution in [0.15, 0.2) is 40.9 Å². The molecule has 0 saturated carbocycles. The van der Waals surface area contributed by atoms with E-state index in [-0.39, 0.29) is 5.91 Å². The van der Waals surface area contributed by atoms with Crippen LogP contribution in [0.4, 0.5) is 5.69 Å². The molecule has 1 N–H and O–H groups in total. The lowest BCUT2D eigenvalue weighted by molar-refractivity contribution is 0.102. The van der Waals surface area contributed by atoms with Crippen molar-refractivity contribution in [2.45, 2.75) is 33.6 Å². The highest BCUT2D eigenvalue weighted by Crippen LogP contribution is 2.25. The molecule has 122 valence electrons. The fraction of sp³-hybridized carbons (Fsp3) is 0.316. The van der Waals surface area contributed by atoms with Crippen LogP contribution in [0.1, 0.15) is 41.3 Å². The molecule has 1 amide bonds. The predicted molar refractivity (Wildman–Crippen MR) is 98.4 cm³/mol. The number of carbonyl (C=O) groups is 1. The first-order valence-corrected chi connectivity index (χ1v) is 8.61. The molecule has 0 aliphatic heterocycles. The van der Waals surface area contributed by atoms with Crippen LogP contribution in [0.3, 0.4) is 0 Å². The molecule has 0 aromatic heterocycles. The van der Waals surface area contributed by atoms with E-state index in [2.05, 4.69) is 28.2 Å². The standard InChI is InChI=1S/C19H22BrNO2/c1-4-5-10-23-18-9-8-15(20)12-16(18)19(22)21-17-11-13(2)6-7-14(17)3/h6-9,11-12H,4-5,10H2,1-3H3,(H,21,22). The lowest BCUT2D eigenvalue weighted by Gasteiger charge is -2.13. The van der Waals surface area contributed by atoms with Crippen molar-refractivity contribution in [3.8, 4) is 5.75 Å². The first-order valence-electron chi connectivity index (χ1n) is 7.82. The Morgan fingerprint density at radius 1 is 1.17 bits per heavy atom. The van der Waals surface area contributed by atoms with Gasteiger partial charge in [-0.05, 0) is 55.7 Å². The second-order valence-electron chi connectivity index (χ2n) is 5.61. The Kier molecular flexibility index (Phi) is 6.22. The predicted octanol–water partition coefficient (Wildman–Crippen LogP) is 5.50. The maximum Gasteiger partial charge on any atom is 0.259 e. The number of amides is 1. The van der Waals surface area contributed by atoms with E-state index in [1.807, 2.05) is 44.2 Å². The van der Waals surface area contributed by atoms with Gasteiger partial charge in [0.15, 0.2) is 0 Å². The van der Waals surface area contributed by atoms with Crippen LogP contribution in [-0.2, 0) is 0 Å². The van der Waals surface area contributed by atoms with Crippen molar-refractivity contribution in [2.24, 2.45) is 0 Å². The van der Waals surface area contributed by atoms with E-state index in [0.29, 0.717) is 17.9 Å². The third-order valence-corrected chi connectivity index (χ3v) is 4.08. The highest BCUT2D eigenvalue weighted by molar-refractivity contribution is 9.10. The van der Waals surface area contributed by atoms with Gasteiger partial charge >= 0.3 is 0 Å². The van der Waals surface area contributed by atoms with Gasteiger partial charge in [-0.3, -0.25) is 4.79 Å². The minimum atomic E-state index is -0.161. The number of unbranched alkanes of at least 4 members (excludes halogenated alkanes) is 1. The maximum atomic E-state index is 12.7. The van der Waals surface area contributed by atoms with Gasteiger partial charge in [-0.2, -0.15) is 0 Å². The fourth-order valence-electron chi connectivity index (χ4n) is 2.19. The Hall–Kier alpha value is -1.81. The smallest absolute Gasteiger partial charge is 0.259 e. The van der Waals surface area contributed by atoms with E-state index in [1.54, 1.807) is 6.07 Å². The number of hydrogen-bond acceptors (Lipinski definition) is 2. The third-order valence-electron chi connectivity index (χ3n) is 3.58. The Balaban J connectivity index is 2.23. The fourth-order valence-corrected chi connectivity index (χ4v) is 2.55.